The highest BCUT2D eigenvalue weighted by Crippen LogP contribution is 2.31. The first-order valence-corrected chi connectivity index (χ1v) is 10.1. The van der Waals surface area contributed by atoms with Gasteiger partial charge in [0.05, 0.1) is 5.92 Å². The first-order chi connectivity index (χ1) is 13.5. The summed E-state index contributed by atoms with van der Waals surface area (Å²) >= 11 is 0. The van der Waals surface area contributed by atoms with E-state index < -0.39 is 0 Å². The van der Waals surface area contributed by atoms with Crippen LogP contribution >= 0.6 is 0 Å². The minimum absolute atomic E-state index is 0.0480. The van der Waals surface area contributed by atoms with Crippen molar-refractivity contribution in [3.63, 3.8) is 0 Å². The quantitative estimate of drug-likeness (QED) is 0.869. The van der Waals surface area contributed by atoms with Crippen LogP contribution in [0.4, 0.5) is 11.4 Å². The molecule has 4 rings (SSSR count). The number of carbonyl (C=O) groups excluding carboxylic acids is 2. The molecular weight excluding hydrogens is 350 g/mol. The van der Waals surface area contributed by atoms with Crippen molar-refractivity contribution in [3.8, 4) is 0 Å². The molecule has 1 atom stereocenters. The maximum atomic E-state index is 12.8. The molecule has 0 radical (unpaired) electrons. The van der Waals surface area contributed by atoms with Crippen LogP contribution in [0.15, 0.2) is 42.5 Å². The highest BCUT2D eigenvalue weighted by molar-refractivity contribution is 5.97. The molecule has 0 aromatic heterocycles. The number of hydrogen-bond acceptors (Lipinski definition) is 3. The molecule has 146 valence electrons. The summed E-state index contributed by atoms with van der Waals surface area (Å²) in [5.41, 5.74) is 5.65. The van der Waals surface area contributed by atoms with Gasteiger partial charge in [-0.15, -0.1) is 0 Å². The molecule has 2 heterocycles. The highest BCUT2D eigenvalue weighted by atomic mass is 16.2. The van der Waals surface area contributed by atoms with Gasteiger partial charge in [-0.05, 0) is 43.5 Å². The van der Waals surface area contributed by atoms with E-state index >= 15 is 0 Å². The van der Waals surface area contributed by atoms with E-state index in [9.17, 15) is 9.59 Å². The fourth-order valence-electron chi connectivity index (χ4n) is 4.11. The number of aryl methyl sites for hydroxylation is 1. The van der Waals surface area contributed by atoms with Crippen molar-refractivity contribution in [1.82, 2.24) is 4.90 Å². The van der Waals surface area contributed by atoms with Gasteiger partial charge in [-0.3, -0.25) is 9.59 Å². The second-order valence-electron chi connectivity index (χ2n) is 7.82. The number of benzene rings is 2. The zero-order valence-electron chi connectivity index (χ0n) is 16.6. The minimum Gasteiger partial charge on any atom is -0.371 e. The third-order valence-corrected chi connectivity index (χ3v) is 5.81. The molecular formula is C23H27N3O2. The molecule has 0 aliphatic carbocycles. The monoisotopic (exact) mass is 377 g/mol. The number of anilines is 2. The summed E-state index contributed by atoms with van der Waals surface area (Å²) in [5.74, 6) is -0.318. The molecule has 1 fully saturated rings. The first-order valence-electron chi connectivity index (χ1n) is 10.1. The summed E-state index contributed by atoms with van der Waals surface area (Å²) in [6.07, 6.45) is 1.34. The van der Waals surface area contributed by atoms with Crippen LogP contribution in [0.25, 0.3) is 0 Å². The van der Waals surface area contributed by atoms with E-state index in [1.807, 2.05) is 37.3 Å². The molecule has 0 bridgehead atoms. The lowest BCUT2D eigenvalue weighted by molar-refractivity contribution is -0.128. The number of likely N-dealkylation sites (tertiary alicyclic amines) is 1. The van der Waals surface area contributed by atoms with Gasteiger partial charge in [-0.2, -0.15) is 0 Å². The van der Waals surface area contributed by atoms with Crippen LogP contribution in [0.3, 0.4) is 0 Å². The van der Waals surface area contributed by atoms with Crippen molar-refractivity contribution >= 4 is 23.2 Å². The normalized spacial score (nSPS) is 18.5. The van der Waals surface area contributed by atoms with Gasteiger partial charge < -0.3 is 15.1 Å². The molecule has 0 spiro atoms. The van der Waals surface area contributed by atoms with E-state index in [-0.39, 0.29) is 24.2 Å². The predicted molar refractivity (Wildman–Crippen MR) is 111 cm³/mol. The Morgan fingerprint density at radius 2 is 1.93 bits per heavy atom. The summed E-state index contributed by atoms with van der Waals surface area (Å²) in [6, 6.07) is 14.3. The van der Waals surface area contributed by atoms with Crippen LogP contribution in [-0.2, 0) is 22.6 Å². The van der Waals surface area contributed by atoms with Gasteiger partial charge >= 0.3 is 0 Å². The highest BCUT2D eigenvalue weighted by Gasteiger charge is 2.34. The Morgan fingerprint density at radius 3 is 2.68 bits per heavy atom. The van der Waals surface area contributed by atoms with Crippen molar-refractivity contribution in [3.05, 3.63) is 59.2 Å². The molecule has 0 saturated carbocycles. The van der Waals surface area contributed by atoms with Gasteiger partial charge in [-0.25, -0.2) is 0 Å². The van der Waals surface area contributed by atoms with Crippen LogP contribution in [0.5, 0.6) is 0 Å². The number of amides is 2. The lowest BCUT2D eigenvalue weighted by Crippen LogP contribution is -2.28. The number of likely N-dealkylation sites (N-methyl/N-ethyl adjacent to an activating group) is 1. The Balaban J connectivity index is 1.39. The van der Waals surface area contributed by atoms with E-state index in [0.717, 1.165) is 30.8 Å². The zero-order chi connectivity index (χ0) is 19.7. The number of nitrogens with zero attached hydrogens (tertiary/aromatic N) is 2. The SMILES string of the molecule is CCN1CCc2ccc(NC(=O)C3CC(=O)N(Cc4ccc(C)cc4)C3)cc21. The van der Waals surface area contributed by atoms with Crippen LogP contribution in [0.1, 0.15) is 30.0 Å². The predicted octanol–water partition coefficient (Wildman–Crippen LogP) is 3.36. The molecule has 2 aliphatic heterocycles. The van der Waals surface area contributed by atoms with Crippen LogP contribution in [0, 0.1) is 12.8 Å². The Bertz CT molecular complexity index is 891. The Kier molecular flexibility index (Phi) is 5.07. The van der Waals surface area contributed by atoms with Crippen molar-refractivity contribution in [1.29, 1.82) is 0 Å². The van der Waals surface area contributed by atoms with Crippen molar-refractivity contribution < 1.29 is 9.59 Å². The average molecular weight is 377 g/mol. The second kappa shape index (κ2) is 7.66. The van der Waals surface area contributed by atoms with Gasteiger partial charge in [-0.1, -0.05) is 35.9 Å². The lowest BCUT2D eigenvalue weighted by Gasteiger charge is -2.18. The van der Waals surface area contributed by atoms with Crippen LogP contribution in [0.2, 0.25) is 0 Å². The summed E-state index contributed by atoms with van der Waals surface area (Å²) < 4.78 is 0. The first kappa shape index (κ1) is 18.5. The fourth-order valence-corrected chi connectivity index (χ4v) is 4.11. The average Bonchev–Trinajstić information content (AvgIpc) is 3.26. The summed E-state index contributed by atoms with van der Waals surface area (Å²) in [5, 5.41) is 3.03. The molecule has 2 aliphatic rings. The maximum Gasteiger partial charge on any atom is 0.229 e. The van der Waals surface area contributed by atoms with E-state index in [2.05, 4.69) is 29.3 Å². The van der Waals surface area contributed by atoms with Gasteiger partial charge in [0, 0.05) is 44.0 Å². The lowest BCUT2D eigenvalue weighted by atomic mass is 10.1. The largest absolute Gasteiger partial charge is 0.371 e. The van der Waals surface area contributed by atoms with Gasteiger partial charge in [0.1, 0.15) is 0 Å². The molecule has 2 aromatic carbocycles. The van der Waals surface area contributed by atoms with Crippen LogP contribution in [-0.4, -0.2) is 36.3 Å². The van der Waals surface area contributed by atoms with E-state index in [4.69, 9.17) is 0 Å². The molecule has 1 unspecified atom stereocenters. The standard InChI is InChI=1S/C23H27N3O2/c1-3-25-11-10-18-8-9-20(13-21(18)25)24-23(28)19-12-22(27)26(15-19)14-17-6-4-16(2)5-7-17/h4-9,13,19H,3,10-12,14-15H2,1-2H3,(H,24,28). The molecule has 1 saturated heterocycles. The maximum absolute atomic E-state index is 12.8. The van der Waals surface area contributed by atoms with Crippen molar-refractivity contribution in [2.75, 3.05) is 29.9 Å². The molecule has 2 amide bonds. The molecule has 28 heavy (non-hydrogen) atoms. The van der Waals surface area contributed by atoms with E-state index in [1.165, 1.54) is 16.8 Å². The zero-order valence-corrected chi connectivity index (χ0v) is 16.6. The minimum atomic E-state index is -0.298. The Hall–Kier alpha value is -2.82. The van der Waals surface area contributed by atoms with Gasteiger partial charge in [0.25, 0.3) is 0 Å². The van der Waals surface area contributed by atoms with Crippen molar-refractivity contribution in [2.45, 2.75) is 33.2 Å². The summed E-state index contributed by atoms with van der Waals surface area (Å²) in [6.45, 7) is 7.23. The number of carbonyl (C=O) groups is 2. The number of nitrogens with one attached hydrogen (secondary N) is 1. The molecule has 2 aromatic rings. The van der Waals surface area contributed by atoms with Crippen LogP contribution < -0.4 is 10.2 Å². The fraction of sp³-hybridized carbons (Fsp3) is 0.391. The summed E-state index contributed by atoms with van der Waals surface area (Å²) in [4.78, 5) is 29.3. The second-order valence-corrected chi connectivity index (χ2v) is 7.82. The number of hydrogen-bond donors (Lipinski definition) is 1. The molecule has 5 nitrogen and oxygen atoms in total. The molecule has 1 N–H and O–H groups in total. The third-order valence-electron chi connectivity index (χ3n) is 5.81. The van der Waals surface area contributed by atoms with Gasteiger partial charge in [0.2, 0.25) is 11.8 Å². The number of rotatable bonds is 5. The summed E-state index contributed by atoms with van der Waals surface area (Å²) in [7, 11) is 0. The van der Waals surface area contributed by atoms with Crippen molar-refractivity contribution in [2.24, 2.45) is 5.92 Å². The Labute approximate surface area is 166 Å². The van der Waals surface area contributed by atoms with Gasteiger partial charge in [0.15, 0.2) is 0 Å². The van der Waals surface area contributed by atoms with E-state index in [0.29, 0.717) is 13.1 Å². The molecule has 5 heteroatoms. The Morgan fingerprint density at radius 1 is 1.14 bits per heavy atom. The topological polar surface area (TPSA) is 52.7 Å². The van der Waals surface area contributed by atoms with E-state index in [1.54, 1.807) is 4.90 Å². The smallest absolute Gasteiger partial charge is 0.229 e. The number of fused-ring (bicyclic) bond motifs is 1. The third kappa shape index (κ3) is 3.75.